The lowest BCUT2D eigenvalue weighted by molar-refractivity contribution is 0.0874. The van der Waals surface area contributed by atoms with E-state index in [1.807, 2.05) is 24.9 Å². The molecule has 0 atom stereocenters. The van der Waals surface area contributed by atoms with E-state index >= 15 is 0 Å². The molecule has 0 aliphatic rings. The van der Waals surface area contributed by atoms with Crippen molar-refractivity contribution in [2.75, 3.05) is 25.0 Å². The summed E-state index contributed by atoms with van der Waals surface area (Å²) in [5.74, 6) is -0.242. The minimum Gasteiger partial charge on any atom is -0.389 e. The highest BCUT2D eigenvalue weighted by Gasteiger charge is 2.19. The van der Waals surface area contributed by atoms with Crippen LogP contribution in [0, 0.1) is 5.82 Å². The van der Waals surface area contributed by atoms with E-state index in [0.717, 1.165) is 5.56 Å². The number of benzene rings is 1. The van der Waals surface area contributed by atoms with Crippen LogP contribution in [0.4, 0.5) is 10.1 Å². The van der Waals surface area contributed by atoms with Gasteiger partial charge in [0.2, 0.25) is 0 Å². The Balaban J connectivity index is 2.93. The zero-order valence-corrected chi connectivity index (χ0v) is 11.6. The van der Waals surface area contributed by atoms with Gasteiger partial charge in [-0.3, -0.25) is 0 Å². The average Bonchev–Trinajstić information content (AvgIpc) is 2.26. The molecule has 0 spiro atoms. The molecule has 102 valence electrons. The first kappa shape index (κ1) is 14.9. The Kier molecular flexibility index (Phi) is 5.11. The van der Waals surface area contributed by atoms with Crippen LogP contribution in [0.2, 0.25) is 0 Å². The van der Waals surface area contributed by atoms with Gasteiger partial charge in [0, 0.05) is 19.6 Å². The number of rotatable bonds is 6. The number of nitrogens with zero attached hydrogens (tertiary/aromatic N) is 1. The summed E-state index contributed by atoms with van der Waals surface area (Å²) in [5, 5.41) is 12.8. The number of nitrogens with one attached hydrogen (secondary N) is 1. The van der Waals surface area contributed by atoms with E-state index in [1.165, 1.54) is 0 Å². The summed E-state index contributed by atoms with van der Waals surface area (Å²) in [6.45, 7) is 7.12. The van der Waals surface area contributed by atoms with E-state index in [4.69, 9.17) is 0 Å². The minimum atomic E-state index is -0.841. The van der Waals surface area contributed by atoms with Crippen molar-refractivity contribution in [3.05, 3.63) is 29.6 Å². The van der Waals surface area contributed by atoms with E-state index in [-0.39, 0.29) is 5.82 Å². The average molecular weight is 254 g/mol. The summed E-state index contributed by atoms with van der Waals surface area (Å²) in [5.41, 5.74) is 0.615. The quantitative estimate of drug-likeness (QED) is 0.816. The Morgan fingerprint density at radius 3 is 2.50 bits per heavy atom. The highest BCUT2D eigenvalue weighted by molar-refractivity contribution is 5.49. The van der Waals surface area contributed by atoms with E-state index in [0.29, 0.717) is 25.3 Å². The van der Waals surface area contributed by atoms with Crippen molar-refractivity contribution in [1.29, 1.82) is 0 Å². The standard InChI is InChI=1S/C14H23FN2O/c1-5-17(10-14(2,3)18)13-7-6-11(9-16-4)8-12(13)15/h6-8,16,18H,5,9-10H2,1-4H3. The monoisotopic (exact) mass is 254 g/mol. The second kappa shape index (κ2) is 6.16. The number of likely N-dealkylation sites (N-methyl/N-ethyl adjacent to an activating group) is 1. The van der Waals surface area contributed by atoms with Gasteiger partial charge in [0.05, 0.1) is 11.3 Å². The Labute approximate surface area is 109 Å². The molecule has 0 bridgehead atoms. The largest absolute Gasteiger partial charge is 0.389 e. The number of anilines is 1. The molecule has 3 nitrogen and oxygen atoms in total. The van der Waals surface area contributed by atoms with Crippen LogP contribution in [-0.2, 0) is 6.54 Å². The highest BCUT2D eigenvalue weighted by Crippen LogP contribution is 2.22. The van der Waals surface area contributed by atoms with E-state index in [1.54, 1.807) is 26.0 Å². The lowest BCUT2D eigenvalue weighted by Gasteiger charge is -2.30. The summed E-state index contributed by atoms with van der Waals surface area (Å²) in [7, 11) is 1.83. The van der Waals surface area contributed by atoms with Gasteiger partial charge in [-0.1, -0.05) is 6.07 Å². The zero-order chi connectivity index (χ0) is 13.8. The molecule has 18 heavy (non-hydrogen) atoms. The second-order valence-corrected chi connectivity index (χ2v) is 5.14. The van der Waals surface area contributed by atoms with Crippen molar-refractivity contribution in [3.63, 3.8) is 0 Å². The zero-order valence-electron chi connectivity index (χ0n) is 11.6. The number of halogens is 1. The van der Waals surface area contributed by atoms with Crippen molar-refractivity contribution in [2.24, 2.45) is 0 Å². The van der Waals surface area contributed by atoms with Crippen LogP contribution in [0.1, 0.15) is 26.3 Å². The number of hydrogen-bond acceptors (Lipinski definition) is 3. The van der Waals surface area contributed by atoms with Gasteiger partial charge in [0.15, 0.2) is 0 Å². The highest BCUT2D eigenvalue weighted by atomic mass is 19.1. The number of aliphatic hydroxyl groups is 1. The van der Waals surface area contributed by atoms with E-state index < -0.39 is 5.60 Å². The molecule has 0 aliphatic carbocycles. The summed E-state index contributed by atoms with van der Waals surface area (Å²) in [6.07, 6.45) is 0. The molecule has 0 heterocycles. The lowest BCUT2D eigenvalue weighted by Crippen LogP contribution is -2.39. The van der Waals surface area contributed by atoms with Crippen LogP contribution in [0.25, 0.3) is 0 Å². The SMILES string of the molecule is CCN(CC(C)(C)O)c1ccc(CNC)cc1F. The molecule has 0 aromatic heterocycles. The van der Waals surface area contributed by atoms with Crippen molar-refractivity contribution >= 4 is 5.69 Å². The smallest absolute Gasteiger partial charge is 0.146 e. The first-order valence-corrected chi connectivity index (χ1v) is 6.27. The van der Waals surface area contributed by atoms with Gasteiger partial charge in [0.1, 0.15) is 5.82 Å². The van der Waals surface area contributed by atoms with Crippen LogP contribution in [0.3, 0.4) is 0 Å². The lowest BCUT2D eigenvalue weighted by atomic mass is 10.1. The van der Waals surface area contributed by atoms with Gasteiger partial charge >= 0.3 is 0 Å². The van der Waals surface area contributed by atoms with E-state index in [9.17, 15) is 9.50 Å². The first-order valence-electron chi connectivity index (χ1n) is 6.27. The summed E-state index contributed by atoms with van der Waals surface area (Å²) in [4.78, 5) is 1.85. The van der Waals surface area contributed by atoms with Gasteiger partial charge in [-0.15, -0.1) is 0 Å². The molecule has 2 N–H and O–H groups in total. The third-order valence-corrected chi connectivity index (χ3v) is 2.69. The summed E-state index contributed by atoms with van der Waals surface area (Å²) < 4.78 is 14.0. The van der Waals surface area contributed by atoms with Crippen molar-refractivity contribution in [1.82, 2.24) is 5.32 Å². The normalized spacial score (nSPS) is 11.7. The molecule has 0 amide bonds. The molecular weight excluding hydrogens is 231 g/mol. The maximum atomic E-state index is 14.0. The van der Waals surface area contributed by atoms with Gasteiger partial charge in [0.25, 0.3) is 0 Å². The fourth-order valence-corrected chi connectivity index (χ4v) is 1.96. The van der Waals surface area contributed by atoms with Crippen molar-refractivity contribution in [2.45, 2.75) is 32.9 Å². The van der Waals surface area contributed by atoms with Crippen molar-refractivity contribution in [3.8, 4) is 0 Å². The van der Waals surface area contributed by atoms with Gasteiger partial charge in [-0.25, -0.2) is 4.39 Å². The topological polar surface area (TPSA) is 35.5 Å². The van der Waals surface area contributed by atoms with Crippen LogP contribution < -0.4 is 10.2 Å². The minimum absolute atomic E-state index is 0.242. The fourth-order valence-electron chi connectivity index (χ4n) is 1.96. The Bertz CT molecular complexity index is 388. The van der Waals surface area contributed by atoms with Gasteiger partial charge in [-0.2, -0.15) is 0 Å². The fraction of sp³-hybridized carbons (Fsp3) is 0.571. The molecule has 0 saturated heterocycles. The van der Waals surface area contributed by atoms with Gasteiger partial charge in [-0.05, 0) is 45.5 Å². The predicted octanol–water partition coefficient (Wildman–Crippen LogP) is 2.14. The van der Waals surface area contributed by atoms with Crippen LogP contribution >= 0.6 is 0 Å². The first-order chi connectivity index (χ1) is 8.37. The Hall–Kier alpha value is -1.13. The molecule has 0 unspecified atom stereocenters. The summed E-state index contributed by atoms with van der Waals surface area (Å²) >= 11 is 0. The third kappa shape index (κ3) is 4.27. The molecule has 0 saturated carbocycles. The molecule has 1 aromatic carbocycles. The number of hydrogen-bond donors (Lipinski definition) is 2. The van der Waals surface area contributed by atoms with Crippen LogP contribution in [0.5, 0.6) is 0 Å². The predicted molar refractivity (Wildman–Crippen MR) is 73.3 cm³/mol. The van der Waals surface area contributed by atoms with Crippen LogP contribution in [-0.4, -0.2) is 30.8 Å². The molecule has 1 aromatic rings. The van der Waals surface area contributed by atoms with Crippen LogP contribution in [0.15, 0.2) is 18.2 Å². The second-order valence-electron chi connectivity index (χ2n) is 5.14. The Morgan fingerprint density at radius 1 is 1.39 bits per heavy atom. The molecular formula is C14H23FN2O. The maximum Gasteiger partial charge on any atom is 0.146 e. The maximum absolute atomic E-state index is 14.0. The molecule has 1 rings (SSSR count). The Morgan fingerprint density at radius 2 is 2.06 bits per heavy atom. The molecule has 0 fully saturated rings. The van der Waals surface area contributed by atoms with Gasteiger partial charge < -0.3 is 15.3 Å². The summed E-state index contributed by atoms with van der Waals surface area (Å²) in [6, 6.07) is 5.22. The van der Waals surface area contributed by atoms with Crippen molar-refractivity contribution < 1.29 is 9.50 Å². The molecule has 4 heteroatoms. The third-order valence-electron chi connectivity index (χ3n) is 2.69. The van der Waals surface area contributed by atoms with E-state index in [2.05, 4.69) is 5.32 Å². The molecule has 0 radical (unpaired) electrons. The molecule has 0 aliphatic heterocycles.